The van der Waals surface area contributed by atoms with Gasteiger partial charge in [0.25, 0.3) is 5.91 Å². The van der Waals surface area contributed by atoms with Gasteiger partial charge in [0.15, 0.2) is 0 Å². The lowest BCUT2D eigenvalue weighted by Crippen LogP contribution is -2.55. The van der Waals surface area contributed by atoms with Gasteiger partial charge in [-0.05, 0) is 43.9 Å². The highest BCUT2D eigenvalue weighted by atomic mass is 16.5. The lowest BCUT2D eigenvalue weighted by Gasteiger charge is -2.43. The molecule has 188 valence electrons. The molecule has 1 spiro atoms. The molecule has 2 saturated heterocycles. The summed E-state index contributed by atoms with van der Waals surface area (Å²) in [4.78, 5) is 30.4. The maximum absolute atomic E-state index is 13.7. The smallest absolute Gasteiger partial charge is 0.423 e. The number of anilines is 2. The normalized spacial score (nSPS) is 19.0. The predicted molar refractivity (Wildman–Crippen MR) is 140 cm³/mol. The van der Waals surface area contributed by atoms with E-state index in [2.05, 4.69) is 27.4 Å². The van der Waals surface area contributed by atoms with Crippen molar-refractivity contribution >= 4 is 23.4 Å². The van der Waals surface area contributed by atoms with Crippen molar-refractivity contribution in [1.82, 2.24) is 10.4 Å². The summed E-state index contributed by atoms with van der Waals surface area (Å²) in [5, 5.41) is 11.1. The van der Waals surface area contributed by atoms with E-state index in [1.807, 2.05) is 42.5 Å². The Morgan fingerprint density at radius 3 is 1.86 bits per heavy atom. The molecule has 2 N–H and O–H groups in total. The monoisotopic (exact) mass is 496 g/mol. The van der Waals surface area contributed by atoms with E-state index in [4.69, 9.17) is 4.74 Å². The number of carbonyl (C=O) groups excluding carboxylic acids is 1. The summed E-state index contributed by atoms with van der Waals surface area (Å²) in [6.45, 7) is 3.97. The fraction of sp³-hybridized carbons (Fsp3) is 0.310. The van der Waals surface area contributed by atoms with Crippen LogP contribution in [-0.4, -0.2) is 48.3 Å². The van der Waals surface area contributed by atoms with Gasteiger partial charge in [0, 0.05) is 71.9 Å². The van der Waals surface area contributed by atoms with E-state index in [0.717, 1.165) is 79.9 Å². The maximum Gasteiger partial charge on any atom is 0.423 e. The molecule has 4 aliphatic heterocycles. The number of rotatable bonds is 3. The Kier molecular flexibility index (Phi) is 4.86. The molecule has 8 heteroatoms. The zero-order chi connectivity index (χ0) is 25.1. The Hall–Kier alpha value is -4.20. The summed E-state index contributed by atoms with van der Waals surface area (Å²) >= 11 is 0. The molecule has 0 saturated carbocycles. The quantitative estimate of drug-likeness (QED) is 0.535. The van der Waals surface area contributed by atoms with Crippen LogP contribution >= 0.6 is 0 Å². The maximum atomic E-state index is 13.7. The third kappa shape index (κ3) is 3.14. The van der Waals surface area contributed by atoms with Crippen molar-refractivity contribution in [2.75, 3.05) is 36.0 Å². The molecular formula is C29H28N4O4. The number of hydrogen-bond donors (Lipinski definition) is 2. The summed E-state index contributed by atoms with van der Waals surface area (Å²) < 4.78 is 6.60. The minimum absolute atomic E-state index is 0.385. The Bertz CT molecular complexity index is 1360. The van der Waals surface area contributed by atoms with E-state index in [9.17, 15) is 14.7 Å². The third-order valence-corrected chi connectivity index (χ3v) is 8.17. The molecule has 0 aliphatic carbocycles. The minimum Gasteiger partial charge on any atom is -0.464 e. The zero-order valence-electron chi connectivity index (χ0n) is 20.4. The summed E-state index contributed by atoms with van der Waals surface area (Å²) in [5.74, 6) is 0.887. The van der Waals surface area contributed by atoms with Gasteiger partial charge in [0.05, 0.1) is 0 Å². The Labute approximate surface area is 215 Å². The van der Waals surface area contributed by atoms with Gasteiger partial charge in [-0.2, -0.15) is 0 Å². The number of hydrazine groups is 1. The van der Waals surface area contributed by atoms with E-state index in [1.54, 1.807) is 6.07 Å². The van der Waals surface area contributed by atoms with Gasteiger partial charge in [-0.15, -0.1) is 0 Å². The van der Waals surface area contributed by atoms with E-state index in [0.29, 0.717) is 17.1 Å². The fourth-order valence-corrected chi connectivity index (χ4v) is 6.54. The van der Waals surface area contributed by atoms with Crippen molar-refractivity contribution in [2.45, 2.75) is 31.2 Å². The Morgan fingerprint density at radius 1 is 0.784 bits per heavy atom. The predicted octanol–water partition coefficient (Wildman–Crippen LogP) is 4.92. The van der Waals surface area contributed by atoms with Crippen LogP contribution in [0.1, 0.15) is 52.7 Å². The van der Waals surface area contributed by atoms with Gasteiger partial charge in [0.1, 0.15) is 17.0 Å². The summed E-state index contributed by atoms with van der Waals surface area (Å²) in [6.07, 6.45) is 3.33. The number of amides is 2. The van der Waals surface area contributed by atoms with Crippen molar-refractivity contribution in [3.8, 4) is 11.5 Å². The van der Waals surface area contributed by atoms with Gasteiger partial charge in [-0.1, -0.05) is 30.3 Å². The summed E-state index contributed by atoms with van der Waals surface area (Å²) in [7, 11) is 0. The number of nitrogens with zero attached hydrogens (tertiary/aromatic N) is 3. The van der Waals surface area contributed by atoms with E-state index in [1.165, 1.54) is 5.01 Å². The van der Waals surface area contributed by atoms with Gasteiger partial charge in [-0.3, -0.25) is 4.79 Å². The zero-order valence-corrected chi connectivity index (χ0v) is 20.4. The summed E-state index contributed by atoms with van der Waals surface area (Å²) in [6, 6.07) is 19.6. The standard InChI is InChI=1S/C29H28N4O4/c34-27-21-7-1-2-8-22(21)29(33(27)30-28(35)36)23-11-9-19(31-13-3-4-14-31)17-25(23)37-26-18-20(10-12-24(26)29)32-15-5-6-16-32/h1-2,7-12,17-18,30H,3-6,13-16H2,(H,35,36). The van der Waals surface area contributed by atoms with E-state index in [-0.39, 0.29) is 5.91 Å². The molecule has 0 atom stereocenters. The largest absolute Gasteiger partial charge is 0.464 e. The molecule has 4 aliphatic rings. The molecule has 8 nitrogen and oxygen atoms in total. The molecule has 0 aromatic heterocycles. The van der Waals surface area contributed by atoms with E-state index < -0.39 is 11.6 Å². The van der Waals surface area contributed by atoms with Crippen molar-refractivity contribution in [3.05, 3.63) is 82.9 Å². The van der Waals surface area contributed by atoms with Crippen LogP contribution in [0.4, 0.5) is 16.2 Å². The summed E-state index contributed by atoms with van der Waals surface area (Å²) in [5.41, 5.74) is 6.08. The molecule has 3 aromatic rings. The average molecular weight is 497 g/mol. The van der Waals surface area contributed by atoms with Gasteiger partial charge in [-0.25, -0.2) is 15.2 Å². The topological polar surface area (TPSA) is 85.3 Å². The second kappa shape index (κ2) is 8.16. The van der Waals surface area contributed by atoms with Crippen molar-refractivity contribution in [1.29, 1.82) is 0 Å². The molecular weight excluding hydrogens is 468 g/mol. The van der Waals surface area contributed by atoms with Crippen LogP contribution < -0.4 is 20.0 Å². The molecule has 7 rings (SSSR count). The molecule has 3 aromatic carbocycles. The van der Waals surface area contributed by atoms with Crippen LogP contribution in [0.25, 0.3) is 0 Å². The molecule has 0 unspecified atom stereocenters. The highest BCUT2D eigenvalue weighted by Crippen LogP contribution is 2.57. The molecule has 0 radical (unpaired) electrons. The number of ether oxygens (including phenoxy) is 1. The third-order valence-electron chi connectivity index (χ3n) is 8.17. The first-order valence-corrected chi connectivity index (χ1v) is 13.0. The molecule has 2 fully saturated rings. The van der Waals surface area contributed by atoms with Crippen molar-refractivity contribution in [3.63, 3.8) is 0 Å². The number of hydrogen-bond acceptors (Lipinski definition) is 5. The minimum atomic E-state index is -1.29. The number of carboxylic acid groups (broad SMARTS) is 1. The average Bonchev–Trinajstić information content (AvgIpc) is 3.67. The second-order valence-corrected chi connectivity index (χ2v) is 10.2. The fourth-order valence-electron chi connectivity index (χ4n) is 6.54. The van der Waals surface area contributed by atoms with Crippen LogP contribution in [0.5, 0.6) is 11.5 Å². The lowest BCUT2D eigenvalue weighted by molar-refractivity contribution is 0.0503. The van der Waals surface area contributed by atoms with Crippen molar-refractivity contribution in [2.24, 2.45) is 0 Å². The SMILES string of the molecule is O=C(O)NN1C(=O)c2ccccc2C12c1ccc(N3CCCC3)cc1Oc1cc(N3CCCC3)ccc12. The number of carbonyl (C=O) groups is 2. The van der Waals surface area contributed by atoms with Crippen LogP contribution in [0.15, 0.2) is 60.7 Å². The van der Waals surface area contributed by atoms with Crippen molar-refractivity contribution < 1.29 is 19.4 Å². The van der Waals surface area contributed by atoms with Gasteiger partial charge >= 0.3 is 6.09 Å². The highest BCUT2D eigenvalue weighted by Gasteiger charge is 2.57. The van der Waals surface area contributed by atoms with Crippen LogP contribution in [0, 0.1) is 0 Å². The lowest BCUT2D eigenvalue weighted by atomic mass is 9.75. The highest BCUT2D eigenvalue weighted by molar-refractivity contribution is 6.03. The van der Waals surface area contributed by atoms with Crippen LogP contribution in [0.3, 0.4) is 0 Å². The number of fused-ring (bicyclic) bond motifs is 6. The van der Waals surface area contributed by atoms with E-state index >= 15 is 0 Å². The van der Waals surface area contributed by atoms with Gasteiger partial charge in [0.2, 0.25) is 0 Å². The van der Waals surface area contributed by atoms with Crippen LogP contribution in [-0.2, 0) is 5.54 Å². The molecule has 4 heterocycles. The second-order valence-electron chi connectivity index (χ2n) is 10.2. The first-order valence-electron chi connectivity index (χ1n) is 13.0. The molecule has 0 bridgehead atoms. The molecule has 37 heavy (non-hydrogen) atoms. The first-order chi connectivity index (χ1) is 18.1. The Balaban J connectivity index is 1.49. The Morgan fingerprint density at radius 2 is 1.32 bits per heavy atom. The van der Waals surface area contributed by atoms with Gasteiger partial charge < -0.3 is 19.6 Å². The number of nitrogens with one attached hydrogen (secondary N) is 1. The first kappa shape index (κ1) is 22.0. The number of benzene rings is 3. The molecule has 2 amide bonds. The van der Waals surface area contributed by atoms with Crippen LogP contribution in [0.2, 0.25) is 0 Å².